The zero-order valence-corrected chi connectivity index (χ0v) is 15.5. The Morgan fingerprint density at radius 2 is 1.92 bits per heavy atom. The van der Waals surface area contributed by atoms with Crippen LogP contribution in [0.2, 0.25) is 0 Å². The molecule has 0 saturated heterocycles. The molecule has 0 radical (unpaired) electrons. The van der Waals surface area contributed by atoms with Crippen LogP contribution in [0.4, 0.5) is 11.4 Å². The van der Waals surface area contributed by atoms with Gasteiger partial charge in [0.2, 0.25) is 12.6 Å². The Morgan fingerprint density at radius 1 is 1.23 bits per heavy atom. The molecule has 2 aromatic rings. The fraction of sp³-hybridized carbons (Fsp3) is 0.211. The fourth-order valence-corrected chi connectivity index (χ4v) is 2.90. The van der Waals surface area contributed by atoms with Crippen LogP contribution in [0, 0.1) is 0 Å². The van der Waals surface area contributed by atoms with E-state index in [1.54, 1.807) is 36.4 Å². The third-order valence-electron chi connectivity index (χ3n) is 4.00. The Hall–Kier alpha value is -2.86. The maximum atomic E-state index is 12.6. The molecule has 0 atom stereocenters. The molecule has 26 heavy (non-hydrogen) atoms. The number of nitrogens with zero attached hydrogens (tertiary/aromatic N) is 1. The number of rotatable bonds is 5. The number of anilines is 2. The van der Waals surface area contributed by atoms with Crippen molar-refractivity contribution in [2.24, 2.45) is 0 Å². The molecule has 1 aliphatic heterocycles. The first-order valence-electron chi connectivity index (χ1n) is 7.87. The SMILES string of the molecule is COc1cc2c(cc1C=C(Cl)C(=O)c1ccc(N(C)C)c(N)c1)OCO2. The van der Waals surface area contributed by atoms with Gasteiger partial charge in [-0.15, -0.1) is 0 Å². The predicted octanol–water partition coefficient (Wildman–Crippen LogP) is 3.53. The lowest BCUT2D eigenvalue weighted by atomic mass is 10.1. The van der Waals surface area contributed by atoms with E-state index >= 15 is 0 Å². The molecular weight excluding hydrogens is 356 g/mol. The van der Waals surface area contributed by atoms with Gasteiger partial charge in [-0.05, 0) is 30.3 Å². The Balaban J connectivity index is 1.93. The molecule has 0 saturated carbocycles. The van der Waals surface area contributed by atoms with E-state index in [0.717, 1.165) is 5.69 Å². The van der Waals surface area contributed by atoms with Gasteiger partial charge in [-0.2, -0.15) is 0 Å². The van der Waals surface area contributed by atoms with Crippen molar-refractivity contribution in [3.8, 4) is 17.2 Å². The molecule has 136 valence electrons. The Bertz CT molecular complexity index is 893. The van der Waals surface area contributed by atoms with Gasteiger partial charge in [0.05, 0.1) is 23.5 Å². The number of hydrogen-bond donors (Lipinski definition) is 1. The third kappa shape index (κ3) is 3.41. The number of carbonyl (C=O) groups is 1. The Kier molecular flexibility index (Phi) is 4.95. The van der Waals surface area contributed by atoms with Crippen LogP contribution in [-0.2, 0) is 0 Å². The minimum absolute atomic E-state index is 0.0409. The zero-order chi connectivity index (χ0) is 18.8. The van der Waals surface area contributed by atoms with Gasteiger partial charge >= 0.3 is 0 Å². The predicted molar refractivity (Wildman–Crippen MR) is 102 cm³/mol. The largest absolute Gasteiger partial charge is 0.496 e. The fourth-order valence-electron chi connectivity index (χ4n) is 2.67. The van der Waals surface area contributed by atoms with E-state index in [9.17, 15) is 4.79 Å². The summed E-state index contributed by atoms with van der Waals surface area (Å²) in [5, 5.41) is 0.0409. The average Bonchev–Trinajstić information content (AvgIpc) is 3.07. The highest BCUT2D eigenvalue weighted by Crippen LogP contribution is 2.39. The van der Waals surface area contributed by atoms with Crippen molar-refractivity contribution in [2.45, 2.75) is 0 Å². The van der Waals surface area contributed by atoms with E-state index in [4.69, 9.17) is 31.5 Å². The molecule has 1 heterocycles. The van der Waals surface area contributed by atoms with Crippen LogP contribution >= 0.6 is 11.6 Å². The smallest absolute Gasteiger partial charge is 0.231 e. The molecule has 3 rings (SSSR count). The monoisotopic (exact) mass is 374 g/mol. The summed E-state index contributed by atoms with van der Waals surface area (Å²) in [7, 11) is 5.29. The molecule has 2 aromatic carbocycles. The minimum Gasteiger partial charge on any atom is -0.496 e. The van der Waals surface area contributed by atoms with Crippen LogP contribution in [0.1, 0.15) is 15.9 Å². The van der Waals surface area contributed by atoms with Gasteiger partial charge < -0.3 is 24.8 Å². The van der Waals surface area contributed by atoms with Crippen LogP contribution in [0.15, 0.2) is 35.4 Å². The van der Waals surface area contributed by atoms with E-state index in [1.807, 2.05) is 19.0 Å². The number of carbonyl (C=O) groups excluding carboxylic acids is 1. The van der Waals surface area contributed by atoms with Crippen LogP contribution in [0.5, 0.6) is 17.2 Å². The van der Waals surface area contributed by atoms with Crippen molar-refractivity contribution < 1.29 is 19.0 Å². The third-order valence-corrected chi connectivity index (χ3v) is 4.28. The summed E-state index contributed by atoms with van der Waals surface area (Å²) >= 11 is 6.27. The highest BCUT2D eigenvalue weighted by molar-refractivity contribution is 6.47. The van der Waals surface area contributed by atoms with E-state index < -0.39 is 0 Å². The van der Waals surface area contributed by atoms with E-state index in [0.29, 0.717) is 34.1 Å². The lowest BCUT2D eigenvalue weighted by molar-refractivity contribution is 0.104. The van der Waals surface area contributed by atoms with E-state index in [1.165, 1.54) is 7.11 Å². The number of nitrogens with two attached hydrogens (primary N) is 1. The number of ether oxygens (including phenoxy) is 3. The van der Waals surface area contributed by atoms with Crippen molar-refractivity contribution in [3.63, 3.8) is 0 Å². The van der Waals surface area contributed by atoms with Gasteiger partial charge in [-0.3, -0.25) is 4.79 Å². The molecule has 2 N–H and O–H groups in total. The average molecular weight is 375 g/mol. The van der Waals surface area contributed by atoms with Gasteiger partial charge in [0.25, 0.3) is 0 Å². The lowest BCUT2D eigenvalue weighted by Crippen LogP contribution is -2.12. The van der Waals surface area contributed by atoms with Crippen molar-refractivity contribution in [1.29, 1.82) is 0 Å². The standard InChI is InChI=1S/C19H19ClN2O4/c1-22(2)15-5-4-11(7-14(15)21)19(23)13(20)6-12-8-17-18(26-10-25-17)9-16(12)24-3/h4-9H,10,21H2,1-3H3. The number of methoxy groups -OCH3 is 1. The van der Waals surface area contributed by atoms with Gasteiger partial charge in [0.15, 0.2) is 11.5 Å². The number of allylic oxidation sites excluding steroid dienone is 1. The molecule has 0 unspecified atom stereocenters. The zero-order valence-electron chi connectivity index (χ0n) is 14.7. The summed E-state index contributed by atoms with van der Waals surface area (Å²) < 4.78 is 16.0. The van der Waals surface area contributed by atoms with Crippen LogP contribution in [0.3, 0.4) is 0 Å². The Morgan fingerprint density at radius 3 is 2.54 bits per heavy atom. The first kappa shape index (κ1) is 17.9. The molecule has 6 nitrogen and oxygen atoms in total. The normalized spacial score (nSPS) is 12.8. The number of nitrogen functional groups attached to an aromatic ring is 1. The molecule has 0 fully saturated rings. The first-order chi connectivity index (χ1) is 12.4. The molecule has 0 amide bonds. The summed E-state index contributed by atoms with van der Waals surface area (Å²) in [4.78, 5) is 14.5. The van der Waals surface area contributed by atoms with Crippen LogP contribution < -0.4 is 24.8 Å². The second-order valence-electron chi connectivity index (χ2n) is 5.94. The van der Waals surface area contributed by atoms with Gasteiger partial charge in [-0.1, -0.05) is 11.6 Å². The van der Waals surface area contributed by atoms with Crippen molar-refractivity contribution >= 4 is 34.8 Å². The summed E-state index contributed by atoms with van der Waals surface area (Å²) in [5.41, 5.74) is 8.38. The maximum Gasteiger partial charge on any atom is 0.231 e. The first-order valence-corrected chi connectivity index (χ1v) is 8.25. The molecule has 0 aromatic heterocycles. The van der Waals surface area contributed by atoms with Crippen LogP contribution in [0.25, 0.3) is 6.08 Å². The van der Waals surface area contributed by atoms with Gasteiger partial charge in [0.1, 0.15) is 5.75 Å². The summed E-state index contributed by atoms with van der Waals surface area (Å²) in [6.45, 7) is 0.149. The highest BCUT2D eigenvalue weighted by Gasteiger charge is 2.19. The van der Waals surface area contributed by atoms with Crippen molar-refractivity contribution in [2.75, 3.05) is 38.6 Å². The van der Waals surface area contributed by atoms with Crippen LogP contribution in [-0.4, -0.2) is 33.8 Å². The molecule has 0 spiro atoms. The second kappa shape index (κ2) is 7.17. The van der Waals surface area contributed by atoms with Crippen molar-refractivity contribution in [1.82, 2.24) is 0 Å². The van der Waals surface area contributed by atoms with E-state index in [2.05, 4.69) is 0 Å². The second-order valence-corrected chi connectivity index (χ2v) is 6.34. The van der Waals surface area contributed by atoms with Gasteiger partial charge in [0, 0.05) is 31.3 Å². The highest BCUT2D eigenvalue weighted by atomic mass is 35.5. The quantitative estimate of drug-likeness (QED) is 0.490. The number of fused-ring (bicyclic) bond motifs is 1. The minimum atomic E-state index is -0.330. The summed E-state index contributed by atoms with van der Waals surface area (Å²) in [6.07, 6.45) is 1.54. The lowest BCUT2D eigenvalue weighted by Gasteiger charge is -2.15. The molecule has 1 aliphatic rings. The van der Waals surface area contributed by atoms with Crippen molar-refractivity contribution in [3.05, 3.63) is 46.5 Å². The number of ketones is 1. The van der Waals surface area contributed by atoms with E-state index in [-0.39, 0.29) is 17.6 Å². The molecule has 0 bridgehead atoms. The summed E-state index contributed by atoms with van der Waals surface area (Å²) in [6, 6.07) is 8.52. The number of hydrogen-bond acceptors (Lipinski definition) is 6. The topological polar surface area (TPSA) is 74.0 Å². The Labute approximate surface area is 156 Å². The molecular formula is C19H19ClN2O4. The number of Topliss-reactive ketones (excluding diaryl/α,β-unsaturated/α-hetero) is 1. The molecule has 7 heteroatoms. The molecule has 0 aliphatic carbocycles. The summed E-state index contributed by atoms with van der Waals surface area (Å²) in [5.74, 6) is 1.37. The number of halogens is 1. The maximum absolute atomic E-state index is 12.6. The number of benzene rings is 2. The van der Waals surface area contributed by atoms with Gasteiger partial charge in [-0.25, -0.2) is 0 Å².